The number of hydrogen-bond donors (Lipinski definition) is 0. The fraction of sp³-hybridized carbons (Fsp3) is 0.333. The maximum Gasteiger partial charge on any atom is 0.330 e. The van der Waals surface area contributed by atoms with Crippen molar-refractivity contribution in [2.75, 3.05) is 10.1 Å². The van der Waals surface area contributed by atoms with Gasteiger partial charge in [0.05, 0.1) is 11.4 Å². The molecular formula is C15H18N2O6. The summed E-state index contributed by atoms with van der Waals surface area (Å²) in [6, 6.07) is 4.61. The zero-order chi connectivity index (χ0) is 17.7. The molecule has 0 aromatic heterocycles. The topological polar surface area (TPSA) is 93.2 Å². The minimum atomic E-state index is -0.673. The third-order valence-electron chi connectivity index (χ3n) is 2.73. The summed E-state index contributed by atoms with van der Waals surface area (Å²) in [4.78, 5) is 55.5. The summed E-state index contributed by atoms with van der Waals surface area (Å²) in [6.45, 7) is 6.38. The third kappa shape index (κ3) is 4.53. The average molecular weight is 322 g/mol. The molecule has 1 aromatic carbocycles. The molecule has 0 aliphatic heterocycles. The molecule has 0 saturated heterocycles. The Morgan fingerprint density at radius 2 is 1.13 bits per heavy atom. The summed E-state index contributed by atoms with van der Waals surface area (Å²) in [6.07, 6.45) is 0. The van der Waals surface area contributed by atoms with Gasteiger partial charge in [-0.25, -0.2) is 9.59 Å². The fourth-order valence-corrected chi connectivity index (χ4v) is 1.87. The molecule has 1 rings (SSSR count). The highest BCUT2D eigenvalue weighted by molar-refractivity contribution is 5.96. The molecule has 0 radical (unpaired) electrons. The van der Waals surface area contributed by atoms with E-state index >= 15 is 0 Å². The number of carbonyl (C=O) groups is 4. The lowest BCUT2D eigenvalue weighted by Gasteiger charge is -2.25. The molecule has 1 aromatic rings. The van der Waals surface area contributed by atoms with Crippen LogP contribution in [0, 0.1) is 6.92 Å². The Morgan fingerprint density at radius 1 is 0.783 bits per heavy atom. The van der Waals surface area contributed by atoms with Crippen LogP contribution in [-0.2, 0) is 28.9 Å². The van der Waals surface area contributed by atoms with Crippen molar-refractivity contribution in [2.45, 2.75) is 34.6 Å². The van der Waals surface area contributed by atoms with Gasteiger partial charge >= 0.3 is 11.9 Å². The van der Waals surface area contributed by atoms with Gasteiger partial charge in [-0.3, -0.25) is 9.59 Å². The molecule has 0 atom stereocenters. The van der Waals surface area contributed by atoms with Crippen molar-refractivity contribution in [1.82, 2.24) is 0 Å². The Labute approximate surface area is 133 Å². The van der Waals surface area contributed by atoms with Crippen LogP contribution in [0.2, 0.25) is 0 Å². The smallest absolute Gasteiger partial charge is 0.330 e. The molecule has 0 aliphatic rings. The summed E-state index contributed by atoms with van der Waals surface area (Å²) in [7, 11) is 0. The number of carbonyl (C=O) groups excluding carboxylic acids is 4. The molecular weight excluding hydrogens is 304 g/mol. The van der Waals surface area contributed by atoms with Crippen molar-refractivity contribution in [3.8, 4) is 0 Å². The average Bonchev–Trinajstić information content (AvgIpc) is 2.42. The highest BCUT2D eigenvalue weighted by Crippen LogP contribution is 2.30. The summed E-state index contributed by atoms with van der Waals surface area (Å²) < 4.78 is 0. The lowest BCUT2D eigenvalue weighted by molar-refractivity contribution is -0.147. The molecule has 0 unspecified atom stereocenters. The Balaban J connectivity index is 3.38. The zero-order valence-corrected chi connectivity index (χ0v) is 13.6. The van der Waals surface area contributed by atoms with Crippen molar-refractivity contribution in [2.24, 2.45) is 0 Å². The molecule has 8 nitrogen and oxygen atoms in total. The molecule has 0 bridgehead atoms. The number of rotatable bonds is 2. The first kappa shape index (κ1) is 18.1. The summed E-state index contributed by atoms with van der Waals surface area (Å²) >= 11 is 0. The van der Waals surface area contributed by atoms with Crippen LogP contribution in [-0.4, -0.2) is 23.8 Å². The van der Waals surface area contributed by atoms with Gasteiger partial charge in [0.2, 0.25) is 0 Å². The monoisotopic (exact) mass is 322 g/mol. The van der Waals surface area contributed by atoms with E-state index in [0.29, 0.717) is 5.56 Å². The van der Waals surface area contributed by atoms with Gasteiger partial charge in [0.25, 0.3) is 11.8 Å². The molecule has 0 N–H and O–H groups in total. The standard InChI is InChI=1S/C15H18N2O6/c1-9-14(16(10(2)18)22-12(4)20)7-6-8-15(9)17(11(3)19)23-13(5)21/h6-8H,1-5H3. The number of hydrogen-bond acceptors (Lipinski definition) is 6. The molecule has 23 heavy (non-hydrogen) atoms. The number of amides is 2. The van der Waals surface area contributed by atoms with E-state index in [1.165, 1.54) is 32.0 Å². The molecule has 2 amide bonds. The van der Waals surface area contributed by atoms with Crippen LogP contribution in [0.5, 0.6) is 0 Å². The molecule has 0 saturated carbocycles. The van der Waals surface area contributed by atoms with Crippen molar-refractivity contribution < 1.29 is 28.9 Å². The SMILES string of the molecule is CC(=O)ON(C(C)=O)c1cccc(N(OC(C)=O)C(C)=O)c1C. The van der Waals surface area contributed by atoms with E-state index in [4.69, 9.17) is 9.68 Å². The van der Waals surface area contributed by atoms with E-state index in [2.05, 4.69) is 0 Å². The Bertz CT molecular complexity index is 603. The number of hydroxylamine groups is 2. The Kier molecular flexibility index (Phi) is 5.83. The van der Waals surface area contributed by atoms with Crippen molar-refractivity contribution >= 4 is 35.1 Å². The van der Waals surface area contributed by atoms with E-state index in [1.54, 1.807) is 6.92 Å². The molecule has 0 fully saturated rings. The van der Waals surface area contributed by atoms with Crippen molar-refractivity contribution in [3.05, 3.63) is 23.8 Å². The normalized spacial score (nSPS) is 9.78. The second kappa shape index (κ2) is 7.39. The van der Waals surface area contributed by atoms with Crippen LogP contribution in [0.3, 0.4) is 0 Å². The lowest BCUT2D eigenvalue weighted by Crippen LogP contribution is -2.34. The van der Waals surface area contributed by atoms with Gasteiger partial charge in [0.15, 0.2) is 0 Å². The molecule has 8 heteroatoms. The molecule has 0 spiro atoms. The third-order valence-corrected chi connectivity index (χ3v) is 2.73. The highest BCUT2D eigenvalue weighted by Gasteiger charge is 2.23. The number of benzene rings is 1. The van der Waals surface area contributed by atoms with Gasteiger partial charge in [-0.1, -0.05) is 6.07 Å². The molecule has 124 valence electrons. The summed E-state index contributed by atoms with van der Waals surface area (Å²) in [5, 5.41) is 1.63. The van der Waals surface area contributed by atoms with Crippen LogP contribution in [0.25, 0.3) is 0 Å². The van der Waals surface area contributed by atoms with E-state index in [1.807, 2.05) is 0 Å². The van der Waals surface area contributed by atoms with Crippen LogP contribution in [0.15, 0.2) is 18.2 Å². The van der Waals surface area contributed by atoms with Gasteiger partial charge in [-0.2, -0.15) is 0 Å². The van der Waals surface area contributed by atoms with E-state index in [0.717, 1.165) is 24.0 Å². The highest BCUT2D eigenvalue weighted by atomic mass is 16.7. The van der Waals surface area contributed by atoms with Gasteiger partial charge < -0.3 is 9.68 Å². The first-order chi connectivity index (χ1) is 10.6. The minimum absolute atomic E-state index is 0.253. The maximum atomic E-state index is 11.7. The molecule has 0 aliphatic carbocycles. The molecule has 0 heterocycles. The minimum Gasteiger partial charge on any atom is -0.334 e. The maximum absolute atomic E-state index is 11.7. The summed E-state index contributed by atoms with van der Waals surface area (Å²) in [5.74, 6) is -2.40. The first-order valence-electron chi connectivity index (χ1n) is 6.73. The van der Waals surface area contributed by atoms with Gasteiger partial charge in [0, 0.05) is 33.3 Å². The van der Waals surface area contributed by atoms with Crippen LogP contribution < -0.4 is 10.1 Å². The van der Waals surface area contributed by atoms with E-state index in [9.17, 15) is 19.2 Å². The number of anilines is 2. The van der Waals surface area contributed by atoms with Crippen LogP contribution in [0.4, 0.5) is 11.4 Å². The van der Waals surface area contributed by atoms with Crippen molar-refractivity contribution in [1.29, 1.82) is 0 Å². The number of nitrogens with zero attached hydrogens (tertiary/aromatic N) is 2. The zero-order valence-electron chi connectivity index (χ0n) is 13.6. The quantitative estimate of drug-likeness (QED) is 0.769. The van der Waals surface area contributed by atoms with Crippen molar-refractivity contribution in [3.63, 3.8) is 0 Å². The predicted octanol–water partition coefficient (Wildman–Crippen LogP) is 1.66. The van der Waals surface area contributed by atoms with Gasteiger partial charge in [-0.05, 0) is 19.1 Å². The van der Waals surface area contributed by atoms with Crippen LogP contribution >= 0.6 is 0 Å². The van der Waals surface area contributed by atoms with Crippen LogP contribution in [0.1, 0.15) is 33.3 Å². The summed E-state index contributed by atoms with van der Waals surface area (Å²) in [5.41, 5.74) is 0.924. The lowest BCUT2D eigenvalue weighted by atomic mass is 10.1. The Hall–Kier alpha value is -2.90. The van der Waals surface area contributed by atoms with E-state index < -0.39 is 23.8 Å². The van der Waals surface area contributed by atoms with Gasteiger partial charge in [0.1, 0.15) is 0 Å². The first-order valence-corrected chi connectivity index (χ1v) is 6.73. The second-order valence-electron chi connectivity index (χ2n) is 4.71. The van der Waals surface area contributed by atoms with E-state index in [-0.39, 0.29) is 11.4 Å². The second-order valence-corrected chi connectivity index (χ2v) is 4.71. The van der Waals surface area contributed by atoms with Gasteiger partial charge in [-0.15, -0.1) is 10.1 Å². The fourth-order valence-electron chi connectivity index (χ4n) is 1.87. The Morgan fingerprint density at radius 3 is 1.39 bits per heavy atom. The largest absolute Gasteiger partial charge is 0.334 e. The predicted molar refractivity (Wildman–Crippen MR) is 81.0 cm³/mol.